The topological polar surface area (TPSA) is 40.5 Å². The van der Waals surface area contributed by atoms with E-state index in [9.17, 15) is 4.79 Å². The number of piperidine rings is 1. The zero-order chi connectivity index (χ0) is 10.6. The molecule has 0 aromatic heterocycles. The summed E-state index contributed by atoms with van der Waals surface area (Å²) in [5.74, 6) is -0.675. The zero-order valence-electron chi connectivity index (χ0n) is 8.83. The minimum atomic E-state index is -0.675. The lowest BCUT2D eigenvalue weighted by molar-refractivity contribution is -0.144. The summed E-state index contributed by atoms with van der Waals surface area (Å²) in [6, 6.07) is -0.261. The Kier molecular flexibility index (Phi) is 4.14. The van der Waals surface area contributed by atoms with E-state index in [4.69, 9.17) is 5.11 Å². The average Bonchev–Trinajstić information content (AvgIpc) is 2.15. The highest BCUT2D eigenvalue weighted by Gasteiger charge is 2.27. The minimum Gasteiger partial charge on any atom is -0.480 e. The molecule has 1 saturated heterocycles. The van der Waals surface area contributed by atoms with E-state index in [1.807, 2.05) is 6.92 Å². The summed E-state index contributed by atoms with van der Waals surface area (Å²) in [7, 11) is 0. The van der Waals surface area contributed by atoms with Crippen molar-refractivity contribution in [1.29, 1.82) is 0 Å². The van der Waals surface area contributed by atoms with Gasteiger partial charge in [0.05, 0.1) is 0 Å². The van der Waals surface area contributed by atoms with Gasteiger partial charge in [0.1, 0.15) is 6.04 Å². The van der Waals surface area contributed by atoms with Crippen LogP contribution in [0.5, 0.6) is 0 Å². The predicted octanol–water partition coefficient (Wildman–Crippen LogP) is 1.89. The van der Waals surface area contributed by atoms with Crippen LogP contribution in [-0.2, 0) is 4.79 Å². The molecular formula is C11H19NO2. The predicted molar refractivity (Wildman–Crippen MR) is 56.3 cm³/mol. The Bertz CT molecular complexity index is 225. The highest BCUT2D eigenvalue weighted by molar-refractivity contribution is 5.73. The molecule has 3 heteroatoms. The molecule has 0 spiro atoms. The van der Waals surface area contributed by atoms with Crippen LogP contribution in [0.3, 0.4) is 0 Å². The first-order valence-electron chi connectivity index (χ1n) is 5.22. The van der Waals surface area contributed by atoms with Crippen molar-refractivity contribution < 1.29 is 9.90 Å². The van der Waals surface area contributed by atoms with Crippen molar-refractivity contribution >= 4 is 5.97 Å². The maximum Gasteiger partial charge on any atom is 0.320 e. The number of aliphatic carboxylic acids is 1. The summed E-state index contributed by atoms with van der Waals surface area (Å²) in [5.41, 5.74) is 1.12. The van der Waals surface area contributed by atoms with Crippen LogP contribution in [0.2, 0.25) is 0 Å². The summed E-state index contributed by atoms with van der Waals surface area (Å²) in [6.07, 6.45) is 3.87. The Morgan fingerprint density at radius 3 is 2.86 bits per heavy atom. The summed E-state index contributed by atoms with van der Waals surface area (Å²) in [5, 5.41) is 9.01. The highest BCUT2D eigenvalue weighted by Crippen LogP contribution is 2.17. The zero-order valence-corrected chi connectivity index (χ0v) is 8.83. The van der Waals surface area contributed by atoms with E-state index in [1.54, 1.807) is 0 Å². The largest absolute Gasteiger partial charge is 0.480 e. The van der Waals surface area contributed by atoms with Crippen molar-refractivity contribution in [1.82, 2.24) is 4.90 Å². The van der Waals surface area contributed by atoms with E-state index in [1.165, 1.54) is 0 Å². The van der Waals surface area contributed by atoms with E-state index < -0.39 is 5.97 Å². The molecule has 1 atom stereocenters. The highest BCUT2D eigenvalue weighted by atomic mass is 16.4. The molecule has 0 aromatic carbocycles. The summed E-state index contributed by atoms with van der Waals surface area (Å²) in [6.45, 7) is 7.58. The SMILES string of the molecule is C=C(C)CCN1CCCCC1C(=O)O. The molecule has 1 heterocycles. The van der Waals surface area contributed by atoms with Crippen molar-refractivity contribution in [2.75, 3.05) is 13.1 Å². The Morgan fingerprint density at radius 2 is 2.29 bits per heavy atom. The van der Waals surface area contributed by atoms with Gasteiger partial charge in [-0.25, -0.2) is 0 Å². The fourth-order valence-corrected chi connectivity index (χ4v) is 1.87. The third kappa shape index (κ3) is 3.14. The van der Waals surface area contributed by atoms with Crippen molar-refractivity contribution in [2.45, 2.75) is 38.6 Å². The normalized spacial score (nSPS) is 23.4. The van der Waals surface area contributed by atoms with Crippen LogP contribution in [0, 0.1) is 0 Å². The molecule has 1 unspecified atom stereocenters. The van der Waals surface area contributed by atoms with Crippen molar-refractivity contribution in [3.05, 3.63) is 12.2 Å². The molecule has 1 rings (SSSR count). The Morgan fingerprint density at radius 1 is 1.57 bits per heavy atom. The molecule has 80 valence electrons. The fourth-order valence-electron chi connectivity index (χ4n) is 1.87. The summed E-state index contributed by atoms with van der Waals surface area (Å²) in [4.78, 5) is 13.0. The number of likely N-dealkylation sites (tertiary alicyclic amines) is 1. The van der Waals surface area contributed by atoms with Crippen molar-refractivity contribution in [3.8, 4) is 0 Å². The Balaban J connectivity index is 2.45. The number of rotatable bonds is 4. The maximum atomic E-state index is 10.9. The lowest BCUT2D eigenvalue weighted by Crippen LogP contribution is -2.45. The van der Waals surface area contributed by atoms with E-state index in [2.05, 4.69) is 11.5 Å². The van der Waals surface area contributed by atoms with E-state index in [-0.39, 0.29) is 6.04 Å². The van der Waals surface area contributed by atoms with E-state index in [0.29, 0.717) is 0 Å². The molecule has 0 saturated carbocycles. The molecule has 1 N–H and O–H groups in total. The van der Waals surface area contributed by atoms with E-state index >= 15 is 0 Å². The van der Waals surface area contributed by atoms with Gasteiger partial charge in [0, 0.05) is 6.54 Å². The quantitative estimate of drug-likeness (QED) is 0.700. The van der Waals surface area contributed by atoms with Crippen LogP contribution in [0.25, 0.3) is 0 Å². The molecule has 14 heavy (non-hydrogen) atoms. The fraction of sp³-hybridized carbons (Fsp3) is 0.727. The van der Waals surface area contributed by atoms with Crippen LogP contribution < -0.4 is 0 Å². The second-order valence-corrected chi connectivity index (χ2v) is 4.09. The van der Waals surface area contributed by atoms with Crippen molar-refractivity contribution in [2.24, 2.45) is 0 Å². The number of carbonyl (C=O) groups is 1. The Hall–Kier alpha value is -0.830. The third-order valence-corrected chi connectivity index (χ3v) is 2.72. The van der Waals surface area contributed by atoms with Gasteiger partial charge in [0.25, 0.3) is 0 Å². The summed E-state index contributed by atoms with van der Waals surface area (Å²) < 4.78 is 0. The smallest absolute Gasteiger partial charge is 0.320 e. The van der Waals surface area contributed by atoms with E-state index in [0.717, 1.165) is 44.3 Å². The molecule has 0 amide bonds. The van der Waals surface area contributed by atoms with Crippen LogP contribution in [0.4, 0.5) is 0 Å². The monoisotopic (exact) mass is 197 g/mol. The standard InChI is InChI=1S/C11H19NO2/c1-9(2)6-8-12-7-4-3-5-10(12)11(13)14/h10H,1,3-8H2,2H3,(H,13,14). The number of hydrogen-bond acceptors (Lipinski definition) is 2. The molecule has 0 bridgehead atoms. The number of carboxylic acids is 1. The molecule has 1 fully saturated rings. The number of nitrogens with zero attached hydrogens (tertiary/aromatic N) is 1. The summed E-state index contributed by atoms with van der Waals surface area (Å²) >= 11 is 0. The van der Waals surface area contributed by atoms with Crippen LogP contribution in [0.1, 0.15) is 32.6 Å². The molecule has 0 aliphatic carbocycles. The van der Waals surface area contributed by atoms with Crippen LogP contribution in [0.15, 0.2) is 12.2 Å². The van der Waals surface area contributed by atoms with Gasteiger partial charge in [-0.3, -0.25) is 9.69 Å². The first-order chi connectivity index (χ1) is 6.61. The first-order valence-corrected chi connectivity index (χ1v) is 5.22. The maximum absolute atomic E-state index is 10.9. The van der Waals surface area contributed by atoms with Gasteiger partial charge in [-0.1, -0.05) is 12.0 Å². The van der Waals surface area contributed by atoms with Gasteiger partial charge in [-0.15, -0.1) is 6.58 Å². The lowest BCUT2D eigenvalue weighted by atomic mass is 10.0. The van der Waals surface area contributed by atoms with Gasteiger partial charge < -0.3 is 5.11 Å². The van der Waals surface area contributed by atoms with Crippen LogP contribution >= 0.6 is 0 Å². The van der Waals surface area contributed by atoms with Crippen molar-refractivity contribution in [3.63, 3.8) is 0 Å². The molecular weight excluding hydrogens is 178 g/mol. The Labute approximate surface area is 85.4 Å². The van der Waals surface area contributed by atoms with Gasteiger partial charge >= 0.3 is 5.97 Å². The van der Waals surface area contributed by atoms with Crippen LogP contribution in [-0.4, -0.2) is 35.1 Å². The number of carboxylic acid groups (broad SMARTS) is 1. The third-order valence-electron chi connectivity index (χ3n) is 2.72. The molecule has 1 aliphatic heterocycles. The average molecular weight is 197 g/mol. The lowest BCUT2D eigenvalue weighted by Gasteiger charge is -2.32. The van der Waals surface area contributed by atoms with Gasteiger partial charge in [0.15, 0.2) is 0 Å². The second kappa shape index (κ2) is 5.15. The molecule has 1 aliphatic rings. The minimum absolute atomic E-state index is 0.261. The van der Waals surface area contributed by atoms with Gasteiger partial charge in [0.2, 0.25) is 0 Å². The molecule has 0 aromatic rings. The first kappa shape index (κ1) is 11.2. The molecule has 0 radical (unpaired) electrons. The molecule has 3 nitrogen and oxygen atoms in total. The number of hydrogen-bond donors (Lipinski definition) is 1. The second-order valence-electron chi connectivity index (χ2n) is 4.09. The van der Waals surface area contributed by atoms with Gasteiger partial charge in [-0.05, 0) is 32.7 Å². The van der Waals surface area contributed by atoms with Gasteiger partial charge in [-0.2, -0.15) is 0 Å².